The molecule has 9 nitrogen and oxygen atoms in total. The third kappa shape index (κ3) is 1.98. The molecule has 6 N–H and O–H groups in total. The molecule has 1 fully saturated rings. The topological polar surface area (TPSA) is 151 Å². The summed E-state index contributed by atoms with van der Waals surface area (Å²) in [6.45, 7) is -1.62. The molecule has 2 heterocycles. The van der Waals surface area contributed by atoms with E-state index < -0.39 is 54.6 Å². The van der Waals surface area contributed by atoms with Crippen LogP contribution in [0.25, 0.3) is 0 Å². The molecule has 0 aliphatic carbocycles. The zero-order valence-electron chi connectivity index (χ0n) is 10.2. The van der Waals surface area contributed by atoms with Gasteiger partial charge in [-0.1, -0.05) is 0 Å². The molecule has 1 aliphatic rings. The van der Waals surface area contributed by atoms with Crippen LogP contribution in [0.2, 0.25) is 0 Å². The number of hydrogen-bond donors (Lipinski definition) is 5. The molecule has 2 rings (SSSR count). The number of rotatable bonds is 3. The molecular formula is C10H14FN3O6. The van der Waals surface area contributed by atoms with Crippen LogP contribution in [0.3, 0.4) is 0 Å². The van der Waals surface area contributed by atoms with Crippen LogP contribution in [0, 0.1) is 5.82 Å². The number of nitrogens with two attached hydrogens (primary N) is 1. The Hall–Kier alpha value is -1.59. The first kappa shape index (κ1) is 14.8. The summed E-state index contributed by atoms with van der Waals surface area (Å²) in [5.41, 5.74) is 1.91. The first-order valence-electron chi connectivity index (χ1n) is 5.68. The molecule has 1 aliphatic heterocycles. The number of aliphatic hydroxyl groups excluding tert-OH is 4. The minimum absolute atomic E-state index is 0.502. The predicted molar refractivity (Wildman–Crippen MR) is 61.9 cm³/mol. The molecule has 1 saturated heterocycles. The van der Waals surface area contributed by atoms with E-state index >= 15 is 0 Å². The van der Waals surface area contributed by atoms with Crippen molar-refractivity contribution in [2.45, 2.75) is 24.0 Å². The highest BCUT2D eigenvalue weighted by atomic mass is 19.1. The molecule has 0 amide bonds. The Bertz CT molecular complexity index is 566. The Morgan fingerprint density at radius 1 is 1.50 bits per heavy atom. The highest BCUT2D eigenvalue weighted by molar-refractivity contribution is 5.27. The maximum Gasteiger partial charge on any atom is 0.352 e. The molecule has 0 radical (unpaired) electrons. The highest BCUT2D eigenvalue weighted by Gasteiger charge is 2.55. The summed E-state index contributed by atoms with van der Waals surface area (Å²) in [7, 11) is 0. The summed E-state index contributed by atoms with van der Waals surface area (Å²) in [6.07, 6.45) is -3.98. The molecule has 4 atom stereocenters. The molecule has 1 aromatic heterocycles. The van der Waals surface area contributed by atoms with Crippen LogP contribution >= 0.6 is 0 Å². The van der Waals surface area contributed by atoms with Crippen LogP contribution in [0.5, 0.6) is 0 Å². The van der Waals surface area contributed by atoms with E-state index in [0.717, 1.165) is 0 Å². The van der Waals surface area contributed by atoms with Gasteiger partial charge in [0.05, 0.1) is 19.4 Å². The van der Waals surface area contributed by atoms with Crippen molar-refractivity contribution >= 4 is 5.82 Å². The Balaban J connectivity index is 2.58. The van der Waals surface area contributed by atoms with E-state index in [4.69, 9.17) is 15.6 Å². The fourth-order valence-electron chi connectivity index (χ4n) is 2.14. The number of ether oxygens (including phenoxy) is 1. The largest absolute Gasteiger partial charge is 0.394 e. The van der Waals surface area contributed by atoms with Crippen LogP contribution in [0.1, 0.15) is 0 Å². The molecule has 0 saturated carbocycles. The number of aromatic nitrogens is 2. The summed E-state index contributed by atoms with van der Waals surface area (Å²) in [6, 6.07) is 0. The molecule has 0 spiro atoms. The lowest BCUT2D eigenvalue weighted by Gasteiger charge is -2.31. The number of nitrogen functional groups attached to an aromatic ring is 1. The standard InChI is InChI=1S/C10H14FN3O6/c11-4-1-14(9(19)13-8(4)12)10(3-16)7(18)6(17)5(2-15)20-10/h1,5-7,15-18H,2-3H2,(H2,12,13,19)/t5-,6-,7-,10-/m1/s1. The van der Waals surface area contributed by atoms with Crippen molar-refractivity contribution in [3.63, 3.8) is 0 Å². The van der Waals surface area contributed by atoms with Gasteiger partial charge in [0.15, 0.2) is 11.6 Å². The van der Waals surface area contributed by atoms with Gasteiger partial charge in [-0.25, -0.2) is 9.18 Å². The SMILES string of the molecule is Nc1nc(=O)n([C@]2(CO)O[C@H](CO)[C@@H](O)[C@H]2O)cc1F. The Labute approximate surface area is 111 Å². The summed E-state index contributed by atoms with van der Waals surface area (Å²) in [5.74, 6) is -1.71. The average molecular weight is 291 g/mol. The van der Waals surface area contributed by atoms with Gasteiger partial charge in [0.25, 0.3) is 0 Å². The van der Waals surface area contributed by atoms with Crippen LogP contribution in [-0.4, -0.2) is 61.5 Å². The minimum Gasteiger partial charge on any atom is -0.394 e. The molecule has 0 unspecified atom stereocenters. The Morgan fingerprint density at radius 2 is 2.15 bits per heavy atom. The second kappa shape index (κ2) is 5.07. The first-order chi connectivity index (χ1) is 9.37. The molecular weight excluding hydrogens is 277 g/mol. The van der Waals surface area contributed by atoms with Crippen LogP contribution in [0.4, 0.5) is 10.2 Å². The minimum atomic E-state index is -2.15. The van der Waals surface area contributed by atoms with Gasteiger partial charge in [-0.3, -0.25) is 4.57 Å². The molecule has 0 aromatic carbocycles. The zero-order valence-corrected chi connectivity index (χ0v) is 10.2. The quantitative estimate of drug-likeness (QED) is 0.389. The maximum absolute atomic E-state index is 13.4. The van der Waals surface area contributed by atoms with Gasteiger partial charge in [-0.15, -0.1) is 0 Å². The third-order valence-electron chi connectivity index (χ3n) is 3.25. The number of nitrogens with zero attached hydrogens (tertiary/aromatic N) is 2. The van der Waals surface area contributed by atoms with Gasteiger partial charge in [0, 0.05) is 0 Å². The molecule has 0 bridgehead atoms. The van der Waals surface area contributed by atoms with E-state index in [2.05, 4.69) is 4.98 Å². The zero-order chi connectivity index (χ0) is 15.1. The fraction of sp³-hybridized carbons (Fsp3) is 0.600. The second-order valence-corrected chi connectivity index (χ2v) is 4.40. The highest BCUT2D eigenvalue weighted by Crippen LogP contribution is 2.34. The Morgan fingerprint density at radius 3 is 2.65 bits per heavy atom. The second-order valence-electron chi connectivity index (χ2n) is 4.40. The van der Waals surface area contributed by atoms with E-state index in [1.54, 1.807) is 0 Å². The summed E-state index contributed by atoms with van der Waals surface area (Å²) in [5, 5.41) is 38.1. The summed E-state index contributed by atoms with van der Waals surface area (Å²) < 4.78 is 19.1. The van der Waals surface area contributed by atoms with Gasteiger partial charge in [-0.2, -0.15) is 4.98 Å². The number of hydrogen-bond acceptors (Lipinski definition) is 8. The van der Waals surface area contributed by atoms with Crippen molar-refractivity contribution in [1.29, 1.82) is 0 Å². The lowest BCUT2D eigenvalue weighted by Crippen LogP contribution is -2.53. The van der Waals surface area contributed by atoms with Crippen molar-refractivity contribution in [2.24, 2.45) is 0 Å². The molecule has 20 heavy (non-hydrogen) atoms. The lowest BCUT2D eigenvalue weighted by molar-refractivity contribution is -0.174. The van der Waals surface area contributed by atoms with Gasteiger partial charge in [0.1, 0.15) is 18.3 Å². The fourth-order valence-corrected chi connectivity index (χ4v) is 2.14. The van der Waals surface area contributed by atoms with Crippen LogP contribution in [-0.2, 0) is 10.5 Å². The van der Waals surface area contributed by atoms with Gasteiger partial charge in [0.2, 0.25) is 5.72 Å². The van der Waals surface area contributed by atoms with Crippen molar-refractivity contribution in [3.8, 4) is 0 Å². The maximum atomic E-state index is 13.4. The summed E-state index contributed by atoms with van der Waals surface area (Å²) >= 11 is 0. The Kier molecular flexibility index (Phi) is 3.75. The van der Waals surface area contributed by atoms with E-state index in [0.29, 0.717) is 10.8 Å². The average Bonchev–Trinajstić information content (AvgIpc) is 2.68. The molecule has 10 heteroatoms. The normalized spacial score (nSPS) is 33.5. The van der Waals surface area contributed by atoms with Crippen molar-refractivity contribution < 1.29 is 29.6 Å². The number of anilines is 1. The number of aliphatic hydroxyl groups is 4. The van der Waals surface area contributed by atoms with E-state index in [1.807, 2.05) is 0 Å². The molecule has 112 valence electrons. The van der Waals surface area contributed by atoms with Crippen molar-refractivity contribution in [2.75, 3.05) is 18.9 Å². The van der Waals surface area contributed by atoms with Crippen molar-refractivity contribution in [1.82, 2.24) is 9.55 Å². The van der Waals surface area contributed by atoms with Gasteiger partial charge >= 0.3 is 5.69 Å². The third-order valence-corrected chi connectivity index (χ3v) is 3.25. The summed E-state index contributed by atoms with van der Waals surface area (Å²) in [4.78, 5) is 14.9. The van der Waals surface area contributed by atoms with E-state index in [1.165, 1.54) is 0 Å². The first-order valence-corrected chi connectivity index (χ1v) is 5.68. The van der Waals surface area contributed by atoms with E-state index in [-0.39, 0.29) is 0 Å². The van der Waals surface area contributed by atoms with Crippen LogP contribution < -0.4 is 11.4 Å². The van der Waals surface area contributed by atoms with E-state index in [9.17, 15) is 24.5 Å². The van der Waals surface area contributed by atoms with Gasteiger partial charge < -0.3 is 30.9 Å². The lowest BCUT2D eigenvalue weighted by atomic mass is 10.0. The molecule has 1 aromatic rings. The van der Waals surface area contributed by atoms with Crippen molar-refractivity contribution in [3.05, 3.63) is 22.5 Å². The van der Waals surface area contributed by atoms with Gasteiger partial charge in [-0.05, 0) is 0 Å². The smallest absolute Gasteiger partial charge is 0.352 e. The number of halogens is 1. The van der Waals surface area contributed by atoms with Crippen LogP contribution in [0.15, 0.2) is 11.0 Å². The monoisotopic (exact) mass is 291 g/mol. The predicted octanol–water partition coefficient (Wildman–Crippen LogP) is -3.28.